The molecule has 0 heterocycles. The van der Waals surface area contributed by atoms with Crippen molar-refractivity contribution < 1.29 is 49.0 Å². The molecule has 0 N–H and O–H groups in total. The Morgan fingerprint density at radius 3 is 1.87 bits per heavy atom. The topological polar surface area (TPSA) is 0 Å². The molecule has 0 aliphatic heterocycles. The third-order valence-corrected chi connectivity index (χ3v) is 13.0. The normalized spacial score (nSPS) is 24.9. The van der Waals surface area contributed by atoms with Crippen LogP contribution in [0.15, 0.2) is 126 Å². The predicted octanol–water partition coefficient (Wildman–Crippen LogP) is 4.94. The summed E-state index contributed by atoms with van der Waals surface area (Å²) in [6.45, 7) is 9.99. The average Bonchev–Trinajstić information content (AvgIpc) is 3.77. The minimum Gasteiger partial charge on any atom is -0.214 e. The van der Waals surface area contributed by atoms with E-state index in [2.05, 4.69) is 113 Å². The second-order valence-electron chi connectivity index (χ2n) is 14.1. The number of rotatable bonds is 2. The van der Waals surface area contributed by atoms with Gasteiger partial charge in [-0.05, 0) is 30.6 Å². The molecule has 3 heteroatoms. The first-order chi connectivity index (χ1) is 21.4. The van der Waals surface area contributed by atoms with Crippen LogP contribution in [0.1, 0.15) is 88.0 Å². The fourth-order valence-corrected chi connectivity index (χ4v) is 9.53. The zero-order valence-corrected chi connectivity index (χ0v) is 31.8. The zero-order valence-electron chi connectivity index (χ0n) is 27.9. The first kappa shape index (κ1) is 36.8. The van der Waals surface area contributed by atoms with Gasteiger partial charge in [-0.2, -0.15) is 18.2 Å². The molecule has 0 nitrogen and oxygen atoms in total. The largest absolute Gasteiger partial charge is 0.214 e. The Bertz CT molecular complexity index is 1490. The summed E-state index contributed by atoms with van der Waals surface area (Å²) in [4.78, 5) is 0. The van der Waals surface area contributed by atoms with Crippen molar-refractivity contribution in [3.8, 4) is 0 Å². The fourth-order valence-electron chi connectivity index (χ4n) is 8.71. The molecule has 2 fully saturated rings. The summed E-state index contributed by atoms with van der Waals surface area (Å²) in [6.07, 6.45) is 8.52. The van der Waals surface area contributed by atoms with Crippen molar-refractivity contribution in [3.05, 3.63) is 155 Å². The van der Waals surface area contributed by atoms with E-state index >= 15 is 0 Å². The van der Waals surface area contributed by atoms with Gasteiger partial charge < -0.3 is 24.8 Å². The van der Waals surface area contributed by atoms with Gasteiger partial charge in [0.15, 0.2) is 0 Å². The molecule has 0 aromatic heterocycles. The second-order valence-corrected chi connectivity index (χ2v) is 15.3. The van der Waals surface area contributed by atoms with Crippen LogP contribution < -0.4 is 24.8 Å². The van der Waals surface area contributed by atoms with Gasteiger partial charge in [0.2, 0.25) is 0 Å². The minimum absolute atomic E-state index is 0. The summed E-state index contributed by atoms with van der Waals surface area (Å²) >= 11 is 1.46. The Hall–Kier alpha value is -2.05. The number of fused-ring (bicyclic) bond motifs is 7. The molecule has 0 bridgehead atoms. The summed E-state index contributed by atoms with van der Waals surface area (Å²) in [5.41, 5.74) is 10.0. The molecule has 4 aliphatic rings. The quantitative estimate of drug-likeness (QED) is 0.257. The number of hydrogen-bond acceptors (Lipinski definition) is 0. The van der Waals surface area contributed by atoms with Crippen LogP contribution in [-0.4, -0.2) is 3.21 Å². The van der Waals surface area contributed by atoms with E-state index in [1.807, 2.05) is 41.5 Å². The van der Waals surface area contributed by atoms with Gasteiger partial charge in [0, 0.05) is 0 Å². The predicted molar refractivity (Wildman–Crippen MR) is 183 cm³/mol. The Balaban J connectivity index is 0.000000193. The summed E-state index contributed by atoms with van der Waals surface area (Å²) < 4.78 is 1.42. The summed E-state index contributed by atoms with van der Waals surface area (Å²) in [6, 6.07) is 40.5. The molecule has 0 radical (unpaired) electrons. The molecule has 0 amide bonds. The third kappa shape index (κ3) is 7.49. The van der Waals surface area contributed by atoms with Gasteiger partial charge in [-0.3, -0.25) is 0 Å². The maximum Gasteiger partial charge on any atom is -0.172 e. The van der Waals surface area contributed by atoms with Gasteiger partial charge in [-0.1, -0.05) is 99.1 Å². The van der Waals surface area contributed by atoms with Crippen molar-refractivity contribution >= 4 is 3.21 Å². The van der Waals surface area contributed by atoms with Gasteiger partial charge in [-0.25, -0.2) is 29.2 Å². The standard InChI is InChI=1S/C25H33.C13H10.C5H5.2ClH.Zr/c1-15-13-21-19-11-7-8-12-20(19)24-18-10-6-5-9-17(18)14-22(24)23(21)16(2)25(15,3)4;1-3-7-12(8-4-1)11-13-9-5-2-6-10-13;1-2-4-5-3-1;;;/h5-6,9-10,15,19-21,24H,7-8,11-14H2,1-4H3;1-10H;1-5H;2*1H;/q-1;;-1;;;+2/p-2. The van der Waals surface area contributed by atoms with Crippen molar-refractivity contribution in [2.75, 3.05) is 0 Å². The Morgan fingerprint density at radius 2 is 1.30 bits per heavy atom. The van der Waals surface area contributed by atoms with Crippen LogP contribution in [0.2, 0.25) is 0 Å². The number of hydrogen-bond donors (Lipinski definition) is 0. The van der Waals surface area contributed by atoms with Gasteiger partial charge in [0.25, 0.3) is 0 Å². The van der Waals surface area contributed by atoms with E-state index in [4.69, 9.17) is 0 Å². The molecule has 2 saturated carbocycles. The molecule has 46 heavy (non-hydrogen) atoms. The van der Waals surface area contributed by atoms with Crippen molar-refractivity contribution in [1.29, 1.82) is 0 Å². The third-order valence-electron chi connectivity index (χ3n) is 11.6. The first-order valence-corrected chi connectivity index (χ1v) is 18.1. The van der Waals surface area contributed by atoms with Gasteiger partial charge in [0.05, 0.1) is 0 Å². The monoisotopic (exact) mass is 724 g/mol. The molecular formula is C43H48Cl2Zr-2. The van der Waals surface area contributed by atoms with E-state index in [-0.39, 0.29) is 24.8 Å². The molecule has 4 aliphatic carbocycles. The number of halogens is 2. The van der Waals surface area contributed by atoms with E-state index in [0.29, 0.717) is 5.41 Å². The SMILES string of the molecule is C[C-]1C2=C3Cc4ccccc4C3C3CCCCC3C2CC(C)C1(C)C.[Cl-].[Cl-].[Zr+2]=[C](c1ccccc1)c1ccccc1.c1cc[cH-]c1. The molecule has 4 aromatic rings. The summed E-state index contributed by atoms with van der Waals surface area (Å²) in [5, 5.41) is 0. The van der Waals surface area contributed by atoms with Crippen LogP contribution in [0.3, 0.4) is 0 Å². The fraction of sp³-hybridized carbons (Fsp3) is 0.372. The molecular weight excluding hydrogens is 679 g/mol. The van der Waals surface area contributed by atoms with Crippen molar-refractivity contribution in [1.82, 2.24) is 0 Å². The van der Waals surface area contributed by atoms with Gasteiger partial charge in [0.1, 0.15) is 0 Å². The summed E-state index contributed by atoms with van der Waals surface area (Å²) in [7, 11) is 0. The molecule has 5 unspecified atom stereocenters. The maximum atomic E-state index is 2.51. The van der Waals surface area contributed by atoms with E-state index in [0.717, 1.165) is 29.6 Å². The molecule has 0 saturated heterocycles. The first-order valence-electron chi connectivity index (χ1n) is 16.9. The smallest absolute Gasteiger partial charge is 0.172 e. The van der Waals surface area contributed by atoms with Crippen molar-refractivity contribution in [2.45, 2.75) is 72.1 Å². The molecule has 240 valence electrons. The Kier molecular flexibility index (Phi) is 13.1. The van der Waals surface area contributed by atoms with Crippen molar-refractivity contribution in [2.24, 2.45) is 29.1 Å². The Labute approximate surface area is 306 Å². The molecule has 5 atom stereocenters. The van der Waals surface area contributed by atoms with E-state index in [1.54, 1.807) is 17.0 Å². The Morgan fingerprint density at radius 1 is 0.761 bits per heavy atom. The van der Waals surface area contributed by atoms with Crippen LogP contribution in [0, 0.1) is 35.0 Å². The van der Waals surface area contributed by atoms with Crippen LogP contribution >= 0.6 is 0 Å². The minimum atomic E-state index is 0. The van der Waals surface area contributed by atoms with E-state index in [9.17, 15) is 0 Å². The number of benzene rings is 3. The molecule has 8 rings (SSSR count). The van der Waals surface area contributed by atoms with Crippen LogP contribution in [0.4, 0.5) is 0 Å². The summed E-state index contributed by atoms with van der Waals surface area (Å²) in [5.74, 6) is 6.00. The van der Waals surface area contributed by atoms with Gasteiger partial charge >= 0.3 is 99.2 Å². The second kappa shape index (κ2) is 16.4. The molecule has 4 aromatic carbocycles. The van der Waals surface area contributed by atoms with Gasteiger partial charge in [-0.15, -0.1) is 6.92 Å². The van der Waals surface area contributed by atoms with E-state index < -0.39 is 0 Å². The van der Waals surface area contributed by atoms with Crippen LogP contribution in [0.25, 0.3) is 0 Å². The number of allylic oxidation sites excluding steroid dienone is 2. The van der Waals surface area contributed by atoms with Crippen molar-refractivity contribution in [3.63, 3.8) is 0 Å². The van der Waals surface area contributed by atoms with Crippen LogP contribution in [-0.2, 0) is 30.7 Å². The average molecular weight is 727 g/mol. The van der Waals surface area contributed by atoms with Crippen LogP contribution in [0.5, 0.6) is 0 Å². The zero-order chi connectivity index (χ0) is 30.7. The maximum absolute atomic E-state index is 2.51. The molecule has 0 spiro atoms. The van der Waals surface area contributed by atoms with E-state index in [1.165, 1.54) is 77.1 Å².